The van der Waals surface area contributed by atoms with Gasteiger partial charge in [-0.05, 0) is 0 Å². The minimum atomic E-state index is -2.93. The topological polar surface area (TPSA) is 9.72 Å². The van der Waals surface area contributed by atoms with E-state index >= 15 is 0 Å². The molecule has 0 aromatic carbocycles. The van der Waals surface area contributed by atoms with Gasteiger partial charge in [-0.15, -0.1) is 0 Å². The van der Waals surface area contributed by atoms with Gasteiger partial charge in [-0.3, -0.25) is 0 Å². The first-order valence-electron chi connectivity index (χ1n) is 6.80. The Morgan fingerprint density at radius 1 is 1.00 bits per heavy atom. The Morgan fingerprint density at radius 3 is 1.89 bits per heavy atom. The van der Waals surface area contributed by atoms with E-state index in [1.807, 2.05) is 0 Å². The van der Waals surface area contributed by atoms with Gasteiger partial charge in [0.15, 0.2) is 0 Å². The molecule has 0 saturated heterocycles. The van der Waals surface area contributed by atoms with Crippen LogP contribution in [0.25, 0.3) is 0 Å². The Kier molecular flexibility index (Phi) is 5.97. The SMILES string of the molecule is CCCC1=[C]([Hf]([N](C)C)([N](C)C)[N](C)C)CC=C1. The molecule has 0 fully saturated rings. The molecule has 1 aliphatic rings. The first-order valence-corrected chi connectivity index (χ1v) is 13.4. The van der Waals surface area contributed by atoms with E-state index < -0.39 is 20.8 Å². The van der Waals surface area contributed by atoms with Crippen LogP contribution in [0.3, 0.4) is 0 Å². The zero-order valence-electron chi connectivity index (χ0n) is 13.1. The Morgan fingerprint density at radius 2 is 1.50 bits per heavy atom. The van der Waals surface area contributed by atoms with Crippen LogP contribution in [0, 0.1) is 0 Å². The van der Waals surface area contributed by atoms with E-state index in [0.717, 1.165) is 6.42 Å². The summed E-state index contributed by atoms with van der Waals surface area (Å²) in [5.74, 6) is 0. The maximum absolute atomic E-state index is 2.93. The molecule has 1 rings (SSSR count). The van der Waals surface area contributed by atoms with E-state index in [1.54, 1.807) is 8.90 Å². The fourth-order valence-electron chi connectivity index (χ4n) is 3.42. The third-order valence-corrected chi connectivity index (χ3v) is 22.1. The van der Waals surface area contributed by atoms with Crippen LogP contribution in [-0.4, -0.2) is 50.9 Å². The molecular weight excluding hydrogens is 389 g/mol. The van der Waals surface area contributed by atoms with Crippen LogP contribution in [0.4, 0.5) is 0 Å². The number of hydrogen-bond acceptors (Lipinski definition) is 3. The monoisotopic (exact) mass is 419 g/mol. The van der Waals surface area contributed by atoms with Crippen molar-refractivity contribution in [3.05, 3.63) is 21.1 Å². The summed E-state index contributed by atoms with van der Waals surface area (Å²) in [6.45, 7) is 2.27. The van der Waals surface area contributed by atoms with Crippen molar-refractivity contribution < 1.29 is 20.8 Å². The third-order valence-electron chi connectivity index (χ3n) is 3.82. The third kappa shape index (κ3) is 2.72. The molecule has 0 amide bonds. The molecule has 0 bridgehead atoms. The Balaban J connectivity index is 3.31. The molecule has 0 unspecified atom stereocenters. The second-order valence-electron chi connectivity index (χ2n) is 5.68. The molecule has 0 N–H and O–H groups in total. The molecule has 0 spiro atoms. The molecule has 3 nitrogen and oxygen atoms in total. The van der Waals surface area contributed by atoms with Crippen molar-refractivity contribution in [2.45, 2.75) is 26.2 Å². The molecule has 0 aliphatic heterocycles. The fourth-order valence-corrected chi connectivity index (χ4v) is 21.6. The summed E-state index contributed by atoms with van der Waals surface area (Å²) in [4.78, 5) is 0. The minimum absolute atomic E-state index is 1.16. The first kappa shape index (κ1) is 16.3. The van der Waals surface area contributed by atoms with Gasteiger partial charge in [0.05, 0.1) is 0 Å². The van der Waals surface area contributed by atoms with Gasteiger partial charge >= 0.3 is 119 Å². The van der Waals surface area contributed by atoms with Crippen molar-refractivity contribution in [1.82, 2.24) is 8.66 Å². The van der Waals surface area contributed by atoms with E-state index in [9.17, 15) is 0 Å². The van der Waals surface area contributed by atoms with Crippen LogP contribution >= 0.6 is 0 Å². The Hall–Kier alpha value is 0.230. The van der Waals surface area contributed by atoms with Crippen molar-refractivity contribution >= 4 is 0 Å². The van der Waals surface area contributed by atoms with Gasteiger partial charge in [-0.25, -0.2) is 0 Å². The van der Waals surface area contributed by atoms with Crippen molar-refractivity contribution in [3.8, 4) is 0 Å². The summed E-state index contributed by atoms with van der Waals surface area (Å²) in [6.07, 6.45) is 8.34. The summed E-state index contributed by atoms with van der Waals surface area (Å²) in [7, 11) is 13.6. The second-order valence-corrected chi connectivity index (χ2v) is 22.1. The van der Waals surface area contributed by atoms with Crippen LogP contribution in [0.2, 0.25) is 0 Å². The van der Waals surface area contributed by atoms with Gasteiger partial charge < -0.3 is 0 Å². The van der Waals surface area contributed by atoms with Crippen LogP contribution in [-0.2, 0) is 20.8 Å². The first-order chi connectivity index (χ1) is 8.38. The average molecular weight is 418 g/mol. The van der Waals surface area contributed by atoms with E-state index in [-0.39, 0.29) is 0 Å². The second kappa shape index (κ2) is 6.60. The Labute approximate surface area is 119 Å². The summed E-state index contributed by atoms with van der Waals surface area (Å²) in [5, 5.41) is 0. The van der Waals surface area contributed by atoms with Crippen LogP contribution in [0.1, 0.15) is 26.2 Å². The van der Waals surface area contributed by atoms with E-state index in [4.69, 9.17) is 0 Å². The van der Waals surface area contributed by atoms with Crippen LogP contribution in [0.15, 0.2) is 21.1 Å². The molecule has 0 atom stereocenters. The van der Waals surface area contributed by atoms with Gasteiger partial charge in [0, 0.05) is 0 Å². The van der Waals surface area contributed by atoms with Gasteiger partial charge in [-0.2, -0.15) is 0 Å². The molecular formula is C14H29HfN3. The molecule has 1 aliphatic carbocycles. The maximum atomic E-state index is 2.53. The average Bonchev–Trinajstić information content (AvgIpc) is 2.66. The van der Waals surface area contributed by atoms with Crippen molar-refractivity contribution in [1.29, 1.82) is 0 Å². The van der Waals surface area contributed by atoms with Crippen molar-refractivity contribution in [3.63, 3.8) is 0 Å². The Bertz CT molecular complexity index is 321. The van der Waals surface area contributed by atoms with Gasteiger partial charge in [0.25, 0.3) is 0 Å². The van der Waals surface area contributed by atoms with E-state index in [0.29, 0.717) is 0 Å². The predicted octanol–water partition coefficient (Wildman–Crippen LogP) is 2.58. The number of nitrogens with zero attached hydrogens (tertiary/aromatic N) is 3. The summed E-state index contributed by atoms with van der Waals surface area (Å²) in [6, 6.07) is 0. The van der Waals surface area contributed by atoms with Gasteiger partial charge in [-0.1, -0.05) is 0 Å². The quantitative estimate of drug-likeness (QED) is 0.615. The van der Waals surface area contributed by atoms with E-state index in [1.165, 1.54) is 12.8 Å². The van der Waals surface area contributed by atoms with Crippen molar-refractivity contribution in [2.24, 2.45) is 0 Å². The molecule has 0 heterocycles. The molecule has 18 heavy (non-hydrogen) atoms. The summed E-state index contributed by atoms with van der Waals surface area (Å²) < 4.78 is 9.34. The fraction of sp³-hybridized carbons (Fsp3) is 0.714. The number of hydrogen-bond donors (Lipinski definition) is 0. The predicted molar refractivity (Wildman–Crippen MR) is 76.8 cm³/mol. The van der Waals surface area contributed by atoms with Gasteiger partial charge in [0.1, 0.15) is 0 Å². The van der Waals surface area contributed by atoms with Crippen LogP contribution in [0.5, 0.6) is 0 Å². The van der Waals surface area contributed by atoms with E-state index in [2.05, 4.69) is 70.0 Å². The summed E-state index contributed by atoms with van der Waals surface area (Å²) >= 11 is -2.93. The number of allylic oxidation sites excluding steroid dienone is 4. The molecule has 0 radical (unpaired) electrons. The van der Waals surface area contributed by atoms with Crippen LogP contribution < -0.4 is 0 Å². The molecule has 0 aromatic heterocycles. The number of rotatable bonds is 6. The molecule has 0 saturated carbocycles. The molecule has 104 valence electrons. The van der Waals surface area contributed by atoms with Gasteiger partial charge in [0.2, 0.25) is 0 Å². The standard InChI is InChI=1S/C8H11.3C2H6N.Hf/c1-2-5-8-6-3-4-7-8;3*1-3-2;/h3,6H,2,4-5H2,1H3;3*1-2H3;/q;3*-1;+3. The zero-order chi connectivity index (χ0) is 13.9. The summed E-state index contributed by atoms with van der Waals surface area (Å²) in [5.41, 5.74) is 1.61. The normalized spacial score (nSPS) is 16.8. The molecule has 0 aromatic rings. The molecule has 4 heteroatoms. The zero-order valence-corrected chi connectivity index (χ0v) is 16.7. The van der Waals surface area contributed by atoms with Crippen molar-refractivity contribution in [2.75, 3.05) is 42.3 Å².